The van der Waals surface area contributed by atoms with Gasteiger partial charge in [0.05, 0.1) is 19.2 Å². The normalized spacial score (nSPS) is 11.3. The Hall–Kier alpha value is -1.79. The molecule has 0 unspecified atom stereocenters. The van der Waals surface area contributed by atoms with E-state index in [0.29, 0.717) is 18.0 Å². The molecule has 0 saturated carbocycles. The molecule has 0 bridgehead atoms. The first-order chi connectivity index (χ1) is 9.93. The fourth-order valence-electron chi connectivity index (χ4n) is 1.62. The van der Waals surface area contributed by atoms with E-state index in [9.17, 15) is 9.59 Å². The molecular formula is C15H24ClN3O3. The second kappa shape index (κ2) is 10.0. The third-order valence-electron chi connectivity index (χ3n) is 2.87. The molecule has 6 nitrogen and oxygen atoms in total. The first-order valence-electron chi connectivity index (χ1n) is 7.00. The van der Waals surface area contributed by atoms with Crippen LogP contribution in [0.2, 0.25) is 0 Å². The number of anilines is 1. The number of hydrogen-bond acceptors (Lipinski definition) is 4. The quantitative estimate of drug-likeness (QED) is 0.707. The molecule has 0 aromatic heterocycles. The Morgan fingerprint density at radius 3 is 2.59 bits per heavy atom. The molecule has 0 fully saturated rings. The van der Waals surface area contributed by atoms with Gasteiger partial charge in [0.1, 0.15) is 5.75 Å². The highest BCUT2D eigenvalue weighted by molar-refractivity contribution is 5.95. The van der Waals surface area contributed by atoms with Crippen molar-refractivity contribution < 1.29 is 14.3 Å². The van der Waals surface area contributed by atoms with Crippen molar-refractivity contribution in [3.8, 4) is 5.75 Å². The minimum Gasteiger partial charge on any atom is -0.494 e. The summed E-state index contributed by atoms with van der Waals surface area (Å²) in [4.78, 5) is 23.4. The van der Waals surface area contributed by atoms with Crippen molar-refractivity contribution >= 4 is 29.9 Å². The lowest BCUT2D eigenvalue weighted by Crippen LogP contribution is -2.46. The summed E-state index contributed by atoms with van der Waals surface area (Å²) in [5.74, 6) is 0.0632. The summed E-state index contributed by atoms with van der Waals surface area (Å²) in [6.07, 6.45) is 0. The summed E-state index contributed by atoms with van der Waals surface area (Å²) in [5.41, 5.74) is 6.31. The summed E-state index contributed by atoms with van der Waals surface area (Å²) < 4.78 is 5.35. The number of rotatable bonds is 7. The molecule has 0 radical (unpaired) electrons. The van der Waals surface area contributed by atoms with Crippen molar-refractivity contribution in [2.24, 2.45) is 11.7 Å². The molecule has 0 aliphatic rings. The Kier molecular flexibility index (Phi) is 9.21. The van der Waals surface area contributed by atoms with Crippen LogP contribution in [0.15, 0.2) is 24.3 Å². The molecule has 0 spiro atoms. The average molecular weight is 330 g/mol. The summed E-state index contributed by atoms with van der Waals surface area (Å²) >= 11 is 0. The van der Waals surface area contributed by atoms with Crippen molar-refractivity contribution in [1.29, 1.82) is 0 Å². The molecule has 124 valence electrons. The van der Waals surface area contributed by atoms with Gasteiger partial charge < -0.3 is 21.1 Å². The molecule has 0 saturated heterocycles. The Morgan fingerprint density at radius 2 is 2.00 bits per heavy atom. The van der Waals surface area contributed by atoms with Crippen LogP contribution in [-0.2, 0) is 9.59 Å². The van der Waals surface area contributed by atoms with Crippen LogP contribution in [0.4, 0.5) is 5.69 Å². The van der Waals surface area contributed by atoms with Crippen LogP contribution in [0, 0.1) is 5.92 Å². The van der Waals surface area contributed by atoms with E-state index in [1.807, 2.05) is 26.8 Å². The Bertz CT molecular complexity index is 495. The fraction of sp³-hybridized carbons (Fsp3) is 0.467. The first-order valence-corrected chi connectivity index (χ1v) is 7.00. The zero-order valence-electron chi connectivity index (χ0n) is 13.1. The smallest absolute Gasteiger partial charge is 0.243 e. The van der Waals surface area contributed by atoms with Gasteiger partial charge in [-0.05, 0) is 25.0 Å². The zero-order valence-corrected chi connectivity index (χ0v) is 13.9. The summed E-state index contributed by atoms with van der Waals surface area (Å²) in [6.45, 7) is 6.03. The van der Waals surface area contributed by atoms with Gasteiger partial charge >= 0.3 is 0 Å². The summed E-state index contributed by atoms with van der Waals surface area (Å²) in [5, 5.41) is 5.21. The van der Waals surface area contributed by atoms with Gasteiger partial charge in [0.15, 0.2) is 0 Å². The maximum Gasteiger partial charge on any atom is 0.243 e. The maximum atomic E-state index is 11.8. The lowest BCUT2D eigenvalue weighted by Gasteiger charge is -2.15. The van der Waals surface area contributed by atoms with Crippen molar-refractivity contribution in [2.75, 3.05) is 18.5 Å². The van der Waals surface area contributed by atoms with E-state index in [2.05, 4.69) is 10.6 Å². The van der Waals surface area contributed by atoms with Gasteiger partial charge in [-0.3, -0.25) is 9.59 Å². The van der Waals surface area contributed by atoms with Crippen molar-refractivity contribution in [3.63, 3.8) is 0 Å². The number of carbonyl (C=O) groups excluding carboxylic acids is 2. The molecule has 4 N–H and O–H groups in total. The number of nitrogens with two attached hydrogens (primary N) is 1. The highest BCUT2D eigenvalue weighted by Crippen LogP contribution is 2.16. The van der Waals surface area contributed by atoms with Gasteiger partial charge in [-0.2, -0.15) is 0 Å². The van der Waals surface area contributed by atoms with E-state index in [-0.39, 0.29) is 36.7 Å². The zero-order chi connectivity index (χ0) is 15.8. The average Bonchev–Trinajstić information content (AvgIpc) is 2.44. The molecule has 1 atom stereocenters. The fourth-order valence-corrected chi connectivity index (χ4v) is 1.62. The number of hydrogen-bond donors (Lipinski definition) is 3. The first kappa shape index (κ1) is 20.2. The van der Waals surface area contributed by atoms with Crippen LogP contribution in [-0.4, -0.2) is 31.0 Å². The van der Waals surface area contributed by atoms with Gasteiger partial charge in [0.2, 0.25) is 11.8 Å². The van der Waals surface area contributed by atoms with E-state index in [1.165, 1.54) is 0 Å². The molecule has 2 amide bonds. The minimum atomic E-state index is -0.612. The maximum absolute atomic E-state index is 11.8. The van der Waals surface area contributed by atoms with Crippen LogP contribution in [0.3, 0.4) is 0 Å². The van der Waals surface area contributed by atoms with E-state index in [1.54, 1.807) is 18.2 Å². The van der Waals surface area contributed by atoms with E-state index in [4.69, 9.17) is 10.5 Å². The van der Waals surface area contributed by atoms with Crippen LogP contribution < -0.4 is 21.1 Å². The van der Waals surface area contributed by atoms with Crippen LogP contribution in [0.25, 0.3) is 0 Å². The number of amides is 2. The van der Waals surface area contributed by atoms with Crippen LogP contribution in [0.5, 0.6) is 5.75 Å². The number of nitrogens with one attached hydrogen (secondary N) is 2. The molecule has 0 heterocycles. The molecule has 7 heteroatoms. The van der Waals surface area contributed by atoms with Crippen molar-refractivity contribution in [1.82, 2.24) is 5.32 Å². The third kappa shape index (κ3) is 6.78. The number of benzene rings is 1. The predicted molar refractivity (Wildman–Crippen MR) is 89.3 cm³/mol. The number of halogens is 1. The lowest BCUT2D eigenvalue weighted by atomic mass is 10.1. The van der Waals surface area contributed by atoms with E-state index in [0.717, 1.165) is 0 Å². The SMILES string of the molecule is CCOc1cccc(NC(=O)CNC(=O)[C@@H](N)C(C)C)c1.Cl. The molecular weight excluding hydrogens is 306 g/mol. The van der Waals surface area contributed by atoms with E-state index >= 15 is 0 Å². The van der Waals surface area contributed by atoms with Crippen molar-refractivity contribution in [3.05, 3.63) is 24.3 Å². The molecule has 1 rings (SSSR count). The largest absolute Gasteiger partial charge is 0.494 e. The minimum absolute atomic E-state index is 0. The highest BCUT2D eigenvalue weighted by Gasteiger charge is 2.17. The Morgan fingerprint density at radius 1 is 1.32 bits per heavy atom. The molecule has 0 aliphatic carbocycles. The number of carbonyl (C=O) groups is 2. The van der Waals surface area contributed by atoms with Crippen LogP contribution >= 0.6 is 12.4 Å². The predicted octanol–water partition coefficient (Wildman–Crippen LogP) is 1.55. The lowest BCUT2D eigenvalue weighted by molar-refractivity contribution is -0.125. The highest BCUT2D eigenvalue weighted by atomic mass is 35.5. The molecule has 1 aromatic rings. The molecule has 1 aromatic carbocycles. The molecule has 22 heavy (non-hydrogen) atoms. The van der Waals surface area contributed by atoms with Crippen LogP contribution in [0.1, 0.15) is 20.8 Å². The Balaban J connectivity index is 0.00000441. The number of ether oxygens (including phenoxy) is 1. The van der Waals surface area contributed by atoms with Gasteiger partial charge in [0.25, 0.3) is 0 Å². The summed E-state index contributed by atoms with van der Waals surface area (Å²) in [6, 6.07) is 6.46. The second-order valence-corrected chi connectivity index (χ2v) is 5.00. The topological polar surface area (TPSA) is 93.5 Å². The second-order valence-electron chi connectivity index (χ2n) is 5.00. The van der Waals surface area contributed by atoms with Gasteiger partial charge in [-0.1, -0.05) is 19.9 Å². The third-order valence-corrected chi connectivity index (χ3v) is 2.87. The standard InChI is InChI=1S/C15H23N3O3.ClH/c1-4-21-12-7-5-6-11(8-12)18-13(19)9-17-15(20)14(16)10(2)3;/h5-8,10,14H,4,9,16H2,1-3H3,(H,17,20)(H,18,19);1H/t14-;/m0./s1. The van der Waals surface area contributed by atoms with Crippen molar-refractivity contribution in [2.45, 2.75) is 26.8 Å². The molecule has 0 aliphatic heterocycles. The summed E-state index contributed by atoms with van der Waals surface area (Å²) in [7, 11) is 0. The Labute approximate surface area is 137 Å². The van der Waals surface area contributed by atoms with E-state index < -0.39 is 6.04 Å². The monoisotopic (exact) mass is 329 g/mol. The van der Waals surface area contributed by atoms with Gasteiger partial charge in [-0.15, -0.1) is 12.4 Å². The van der Waals surface area contributed by atoms with Gasteiger partial charge in [0, 0.05) is 11.8 Å². The van der Waals surface area contributed by atoms with Gasteiger partial charge in [-0.25, -0.2) is 0 Å².